The van der Waals surface area contributed by atoms with E-state index in [4.69, 9.17) is 5.73 Å². The summed E-state index contributed by atoms with van der Waals surface area (Å²) in [5.74, 6) is -1.27. The number of carbonyl (C=O) groups excluding carboxylic acids is 1. The van der Waals surface area contributed by atoms with Gasteiger partial charge in [0, 0.05) is 13.1 Å². The van der Waals surface area contributed by atoms with Crippen LogP contribution in [0.25, 0.3) is 0 Å². The van der Waals surface area contributed by atoms with Crippen molar-refractivity contribution in [1.29, 1.82) is 0 Å². The first-order chi connectivity index (χ1) is 10.4. The predicted octanol–water partition coefficient (Wildman–Crippen LogP) is 0.972. The third-order valence-corrected chi connectivity index (χ3v) is 5.83. The van der Waals surface area contributed by atoms with E-state index in [0.29, 0.717) is 38.4 Å². The number of rotatable bonds is 4. The molecular weight excluding hydrogens is 311 g/mol. The van der Waals surface area contributed by atoms with Crippen LogP contribution in [0.5, 0.6) is 0 Å². The number of esters is 1. The quantitative estimate of drug-likeness (QED) is 0.831. The third-order valence-electron chi connectivity index (χ3n) is 3.87. The van der Waals surface area contributed by atoms with Gasteiger partial charge in [0.25, 0.3) is 0 Å². The van der Waals surface area contributed by atoms with Gasteiger partial charge in [-0.05, 0) is 43.5 Å². The summed E-state index contributed by atoms with van der Waals surface area (Å²) in [6.45, 7) is 1.20. The molecule has 8 heteroatoms. The maximum atomic E-state index is 13.3. The zero-order valence-electron chi connectivity index (χ0n) is 12.3. The lowest BCUT2D eigenvalue weighted by molar-refractivity contribution is 0.0595. The van der Waals surface area contributed by atoms with Gasteiger partial charge in [0.15, 0.2) is 0 Å². The first kappa shape index (κ1) is 16.9. The molecule has 0 aliphatic carbocycles. The van der Waals surface area contributed by atoms with Crippen LogP contribution in [0, 0.1) is 11.7 Å². The molecule has 0 spiro atoms. The van der Waals surface area contributed by atoms with Crippen molar-refractivity contribution >= 4 is 16.0 Å². The molecule has 1 aromatic carbocycles. The van der Waals surface area contributed by atoms with Crippen LogP contribution in [0.3, 0.4) is 0 Å². The summed E-state index contributed by atoms with van der Waals surface area (Å²) < 4.78 is 44.6. The Kier molecular flexibility index (Phi) is 5.15. The molecule has 1 saturated heterocycles. The van der Waals surface area contributed by atoms with Crippen molar-refractivity contribution in [2.24, 2.45) is 11.7 Å². The summed E-state index contributed by atoms with van der Waals surface area (Å²) in [6.07, 6.45) is 1.34. The van der Waals surface area contributed by atoms with Crippen LogP contribution in [0.15, 0.2) is 23.1 Å². The zero-order chi connectivity index (χ0) is 16.3. The monoisotopic (exact) mass is 330 g/mol. The molecule has 0 unspecified atom stereocenters. The SMILES string of the molecule is COC(=O)c1cc(F)ccc1S(=O)(=O)N1CCC(CN)CC1. The first-order valence-electron chi connectivity index (χ1n) is 6.98. The molecule has 1 aliphatic rings. The Labute approximate surface area is 129 Å². The standard InChI is InChI=1S/C14H19FN2O4S/c1-21-14(18)12-8-11(15)2-3-13(12)22(19,20)17-6-4-10(9-16)5-7-17/h2-3,8,10H,4-7,9,16H2,1H3. The van der Waals surface area contributed by atoms with E-state index < -0.39 is 21.8 Å². The summed E-state index contributed by atoms with van der Waals surface area (Å²) in [5.41, 5.74) is 5.31. The molecule has 22 heavy (non-hydrogen) atoms. The summed E-state index contributed by atoms with van der Waals surface area (Å²) in [4.78, 5) is 11.5. The Morgan fingerprint density at radius 2 is 2.05 bits per heavy atom. The second-order valence-electron chi connectivity index (χ2n) is 5.22. The molecule has 0 radical (unpaired) electrons. The number of benzene rings is 1. The van der Waals surface area contributed by atoms with Crippen molar-refractivity contribution in [2.75, 3.05) is 26.7 Å². The predicted molar refractivity (Wildman–Crippen MR) is 78.3 cm³/mol. The molecule has 1 fully saturated rings. The van der Waals surface area contributed by atoms with E-state index in [1.165, 1.54) is 4.31 Å². The smallest absolute Gasteiger partial charge is 0.339 e. The van der Waals surface area contributed by atoms with Crippen molar-refractivity contribution < 1.29 is 22.3 Å². The van der Waals surface area contributed by atoms with E-state index >= 15 is 0 Å². The lowest BCUT2D eigenvalue weighted by Gasteiger charge is -2.30. The summed E-state index contributed by atoms with van der Waals surface area (Å²) >= 11 is 0. The molecule has 0 saturated carbocycles. The van der Waals surface area contributed by atoms with E-state index in [1.807, 2.05) is 0 Å². The highest BCUT2D eigenvalue weighted by Crippen LogP contribution is 2.26. The van der Waals surface area contributed by atoms with Crippen LogP contribution in [-0.4, -0.2) is 45.4 Å². The van der Waals surface area contributed by atoms with Crippen LogP contribution in [0.4, 0.5) is 4.39 Å². The highest BCUT2D eigenvalue weighted by atomic mass is 32.2. The van der Waals surface area contributed by atoms with Crippen LogP contribution < -0.4 is 5.73 Å². The second kappa shape index (κ2) is 6.72. The fourth-order valence-electron chi connectivity index (χ4n) is 2.52. The van der Waals surface area contributed by atoms with Crippen molar-refractivity contribution in [2.45, 2.75) is 17.7 Å². The number of methoxy groups -OCH3 is 1. The summed E-state index contributed by atoms with van der Waals surface area (Å²) in [5, 5.41) is 0. The molecule has 0 bridgehead atoms. The number of halogens is 1. The topological polar surface area (TPSA) is 89.7 Å². The minimum atomic E-state index is -3.87. The number of piperidine rings is 1. The number of hydrogen-bond donors (Lipinski definition) is 1. The molecule has 122 valence electrons. The van der Waals surface area contributed by atoms with Gasteiger partial charge in [-0.15, -0.1) is 0 Å². The zero-order valence-corrected chi connectivity index (χ0v) is 13.1. The van der Waals surface area contributed by atoms with E-state index in [2.05, 4.69) is 4.74 Å². The van der Waals surface area contributed by atoms with E-state index in [1.54, 1.807) is 0 Å². The normalized spacial score (nSPS) is 17.4. The van der Waals surface area contributed by atoms with Gasteiger partial charge in [0.1, 0.15) is 5.82 Å². The minimum absolute atomic E-state index is 0.230. The minimum Gasteiger partial charge on any atom is -0.465 e. The van der Waals surface area contributed by atoms with Gasteiger partial charge < -0.3 is 10.5 Å². The Morgan fingerprint density at radius 1 is 1.41 bits per heavy atom. The van der Waals surface area contributed by atoms with Crippen molar-refractivity contribution in [3.8, 4) is 0 Å². The lowest BCUT2D eigenvalue weighted by atomic mass is 9.99. The number of nitrogens with zero attached hydrogens (tertiary/aromatic N) is 1. The van der Waals surface area contributed by atoms with Gasteiger partial charge in [-0.1, -0.05) is 0 Å². The average molecular weight is 330 g/mol. The van der Waals surface area contributed by atoms with E-state index in [0.717, 1.165) is 25.3 Å². The van der Waals surface area contributed by atoms with Gasteiger partial charge in [-0.25, -0.2) is 17.6 Å². The molecule has 1 aromatic rings. The van der Waals surface area contributed by atoms with Gasteiger partial charge in [0.05, 0.1) is 17.6 Å². The molecule has 1 aliphatic heterocycles. The van der Waals surface area contributed by atoms with Gasteiger partial charge >= 0.3 is 5.97 Å². The number of nitrogens with two attached hydrogens (primary N) is 1. The largest absolute Gasteiger partial charge is 0.465 e. The fraction of sp³-hybridized carbons (Fsp3) is 0.500. The van der Waals surface area contributed by atoms with Gasteiger partial charge in [0.2, 0.25) is 10.0 Å². The van der Waals surface area contributed by atoms with Crippen molar-refractivity contribution in [1.82, 2.24) is 4.31 Å². The Morgan fingerprint density at radius 3 is 2.59 bits per heavy atom. The van der Waals surface area contributed by atoms with Crippen LogP contribution in [0.1, 0.15) is 23.2 Å². The maximum Gasteiger partial charge on any atom is 0.339 e. The highest BCUT2D eigenvalue weighted by molar-refractivity contribution is 7.89. The van der Waals surface area contributed by atoms with Crippen molar-refractivity contribution in [3.63, 3.8) is 0 Å². The summed E-state index contributed by atoms with van der Waals surface area (Å²) in [6, 6.07) is 3.00. The number of sulfonamides is 1. The molecule has 0 amide bonds. The molecule has 0 aromatic heterocycles. The third kappa shape index (κ3) is 3.29. The number of hydrogen-bond acceptors (Lipinski definition) is 5. The fourth-order valence-corrected chi connectivity index (χ4v) is 4.15. The Balaban J connectivity index is 2.36. The molecule has 0 atom stereocenters. The van der Waals surface area contributed by atoms with E-state index in [9.17, 15) is 17.6 Å². The highest BCUT2D eigenvalue weighted by Gasteiger charge is 2.32. The summed E-state index contributed by atoms with van der Waals surface area (Å²) in [7, 11) is -2.75. The Bertz CT molecular complexity index is 655. The molecule has 6 nitrogen and oxygen atoms in total. The number of carbonyl (C=O) groups is 1. The molecule has 1 heterocycles. The Hall–Kier alpha value is -1.51. The molecular formula is C14H19FN2O4S. The van der Waals surface area contributed by atoms with Crippen LogP contribution >= 0.6 is 0 Å². The maximum absolute atomic E-state index is 13.3. The van der Waals surface area contributed by atoms with Gasteiger partial charge in [-0.2, -0.15) is 4.31 Å². The van der Waals surface area contributed by atoms with Crippen LogP contribution in [0.2, 0.25) is 0 Å². The second-order valence-corrected chi connectivity index (χ2v) is 7.12. The first-order valence-corrected chi connectivity index (χ1v) is 8.42. The average Bonchev–Trinajstić information content (AvgIpc) is 2.53. The van der Waals surface area contributed by atoms with Crippen LogP contribution in [-0.2, 0) is 14.8 Å². The van der Waals surface area contributed by atoms with Crippen molar-refractivity contribution in [3.05, 3.63) is 29.6 Å². The lowest BCUT2D eigenvalue weighted by Crippen LogP contribution is -2.40. The molecule has 2 N–H and O–H groups in total. The number of ether oxygens (including phenoxy) is 1. The van der Waals surface area contributed by atoms with E-state index in [-0.39, 0.29) is 10.5 Å². The molecule has 2 rings (SSSR count). The van der Waals surface area contributed by atoms with Gasteiger partial charge in [-0.3, -0.25) is 0 Å².